The van der Waals surface area contributed by atoms with E-state index in [0.29, 0.717) is 0 Å². The molecule has 0 amide bonds. The average molecular weight is 274 g/mol. The third kappa shape index (κ3) is 2.10. The predicted molar refractivity (Wildman–Crippen MR) is 80.1 cm³/mol. The van der Waals surface area contributed by atoms with E-state index in [2.05, 4.69) is 58.9 Å². The quantitative estimate of drug-likeness (QED) is 0.776. The summed E-state index contributed by atoms with van der Waals surface area (Å²) in [6.45, 7) is 11.3. The van der Waals surface area contributed by atoms with E-state index in [1.165, 1.54) is 5.56 Å². The molecule has 1 aromatic rings. The van der Waals surface area contributed by atoms with Crippen molar-refractivity contribution >= 4 is 12.6 Å². The summed E-state index contributed by atoms with van der Waals surface area (Å²) in [4.78, 5) is 0. The van der Waals surface area contributed by atoms with Crippen molar-refractivity contribution in [2.75, 3.05) is 6.61 Å². The van der Waals surface area contributed by atoms with Gasteiger partial charge < -0.3 is 14.0 Å². The third-order valence-electron chi connectivity index (χ3n) is 5.05. The molecule has 1 unspecified atom stereocenters. The summed E-state index contributed by atoms with van der Waals surface area (Å²) in [5.41, 5.74) is 1.60. The first-order chi connectivity index (χ1) is 9.24. The molecule has 2 aliphatic heterocycles. The summed E-state index contributed by atoms with van der Waals surface area (Å²) >= 11 is 0. The average Bonchev–Trinajstić information content (AvgIpc) is 2.56. The highest BCUT2D eigenvalue weighted by Gasteiger charge is 2.51. The maximum absolute atomic E-state index is 6.06. The minimum Gasteiger partial charge on any atom is -0.399 e. The van der Waals surface area contributed by atoms with Crippen LogP contribution in [0, 0.1) is 0 Å². The Bertz CT molecular complexity index is 487. The molecule has 0 radical (unpaired) electrons. The SMILES string of the molecule is CC1(c2ccc(B3OC(C)(C)C(C)(C)O3)cc2)CCO1. The molecule has 0 bridgehead atoms. The fourth-order valence-electron chi connectivity index (χ4n) is 2.61. The molecule has 0 aromatic heterocycles. The van der Waals surface area contributed by atoms with E-state index in [0.717, 1.165) is 18.5 Å². The lowest BCUT2D eigenvalue weighted by Gasteiger charge is -2.39. The van der Waals surface area contributed by atoms with Gasteiger partial charge in [0.05, 0.1) is 23.4 Å². The van der Waals surface area contributed by atoms with Crippen molar-refractivity contribution in [3.63, 3.8) is 0 Å². The number of hydrogen-bond acceptors (Lipinski definition) is 3. The Morgan fingerprint density at radius 2 is 1.40 bits per heavy atom. The van der Waals surface area contributed by atoms with Gasteiger partial charge in [-0.25, -0.2) is 0 Å². The number of benzene rings is 1. The molecule has 2 fully saturated rings. The number of rotatable bonds is 2. The Kier molecular flexibility index (Phi) is 3.05. The van der Waals surface area contributed by atoms with Gasteiger partial charge in [-0.1, -0.05) is 24.3 Å². The Morgan fingerprint density at radius 1 is 0.900 bits per heavy atom. The Hall–Kier alpha value is -0.835. The standard InChI is InChI=1S/C16H23BO3/c1-14(2)15(3,4)20-17(19-14)13-8-6-12(7-9-13)16(5)10-11-18-16/h6-9H,10-11H2,1-5H3. The highest BCUT2D eigenvalue weighted by molar-refractivity contribution is 6.62. The fraction of sp³-hybridized carbons (Fsp3) is 0.625. The maximum Gasteiger partial charge on any atom is 0.494 e. The lowest BCUT2D eigenvalue weighted by atomic mass is 9.77. The van der Waals surface area contributed by atoms with Crippen molar-refractivity contribution in [2.24, 2.45) is 0 Å². The van der Waals surface area contributed by atoms with Gasteiger partial charge in [-0.15, -0.1) is 0 Å². The van der Waals surface area contributed by atoms with Crippen molar-refractivity contribution in [1.82, 2.24) is 0 Å². The van der Waals surface area contributed by atoms with Gasteiger partial charge in [0.1, 0.15) is 0 Å². The van der Waals surface area contributed by atoms with Crippen molar-refractivity contribution in [2.45, 2.75) is 57.8 Å². The summed E-state index contributed by atoms with van der Waals surface area (Å²) in [6.07, 6.45) is 1.09. The second kappa shape index (κ2) is 4.33. The van der Waals surface area contributed by atoms with E-state index in [-0.39, 0.29) is 23.9 Å². The van der Waals surface area contributed by atoms with Gasteiger partial charge in [-0.3, -0.25) is 0 Å². The molecule has 0 N–H and O–H groups in total. The summed E-state index contributed by atoms with van der Waals surface area (Å²) in [5.74, 6) is 0. The molecular weight excluding hydrogens is 251 g/mol. The lowest BCUT2D eigenvalue weighted by molar-refractivity contribution is -0.140. The van der Waals surface area contributed by atoms with Gasteiger partial charge in [-0.05, 0) is 45.6 Å². The summed E-state index contributed by atoms with van der Waals surface area (Å²) < 4.78 is 17.8. The minimum absolute atomic E-state index is 0.103. The Morgan fingerprint density at radius 3 is 1.80 bits per heavy atom. The van der Waals surface area contributed by atoms with Crippen LogP contribution in [0.4, 0.5) is 0 Å². The van der Waals surface area contributed by atoms with Crippen molar-refractivity contribution < 1.29 is 14.0 Å². The second-order valence-corrected chi connectivity index (χ2v) is 7.04. The van der Waals surface area contributed by atoms with E-state index < -0.39 is 0 Å². The van der Waals surface area contributed by atoms with Gasteiger partial charge in [0.15, 0.2) is 0 Å². The second-order valence-electron chi connectivity index (χ2n) is 7.04. The number of ether oxygens (including phenoxy) is 1. The van der Waals surface area contributed by atoms with Crippen LogP contribution in [0.15, 0.2) is 24.3 Å². The van der Waals surface area contributed by atoms with Gasteiger partial charge >= 0.3 is 7.12 Å². The van der Waals surface area contributed by atoms with Gasteiger partial charge in [0, 0.05) is 6.42 Å². The molecule has 2 saturated heterocycles. The molecule has 3 nitrogen and oxygen atoms in total. The normalized spacial score (nSPS) is 31.1. The van der Waals surface area contributed by atoms with E-state index in [1.54, 1.807) is 0 Å². The molecular formula is C16H23BO3. The van der Waals surface area contributed by atoms with Crippen LogP contribution < -0.4 is 5.46 Å². The smallest absolute Gasteiger partial charge is 0.399 e. The van der Waals surface area contributed by atoms with Crippen molar-refractivity contribution in [3.05, 3.63) is 29.8 Å². The summed E-state index contributed by atoms with van der Waals surface area (Å²) in [7, 11) is -0.288. The highest BCUT2D eigenvalue weighted by atomic mass is 16.7. The van der Waals surface area contributed by atoms with Crippen LogP contribution in [0.2, 0.25) is 0 Å². The third-order valence-corrected chi connectivity index (χ3v) is 5.05. The van der Waals surface area contributed by atoms with Crippen LogP contribution in [0.1, 0.15) is 46.6 Å². The highest BCUT2D eigenvalue weighted by Crippen LogP contribution is 2.38. The molecule has 0 saturated carbocycles. The van der Waals surface area contributed by atoms with E-state index in [4.69, 9.17) is 14.0 Å². The zero-order valence-electron chi connectivity index (χ0n) is 13.0. The van der Waals surface area contributed by atoms with E-state index >= 15 is 0 Å². The first-order valence-electron chi connectivity index (χ1n) is 7.34. The first kappa shape index (κ1) is 14.1. The van der Waals surface area contributed by atoms with Crippen molar-refractivity contribution in [3.8, 4) is 0 Å². The van der Waals surface area contributed by atoms with Crippen LogP contribution in [-0.2, 0) is 19.6 Å². The zero-order chi connectivity index (χ0) is 14.6. The van der Waals surface area contributed by atoms with Crippen LogP contribution >= 0.6 is 0 Å². The zero-order valence-corrected chi connectivity index (χ0v) is 13.0. The topological polar surface area (TPSA) is 27.7 Å². The van der Waals surface area contributed by atoms with E-state index in [9.17, 15) is 0 Å². The fourth-order valence-corrected chi connectivity index (χ4v) is 2.61. The monoisotopic (exact) mass is 274 g/mol. The molecule has 2 aliphatic rings. The summed E-state index contributed by atoms with van der Waals surface area (Å²) in [6, 6.07) is 8.42. The summed E-state index contributed by atoms with van der Waals surface area (Å²) in [5, 5.41) is 0. The Balaban J connectivity index is 1.79. The first-order valence-corrected chi connectivity index (χ1v) is 7.34. The molecule has 2 heterocycles. The molecule has 1 aromatic carbocycles. The van der Waals surface area contributed by atoms with Crippen LogP contribution in [-0.4, -0.2) is 24.9 Å². The molecule has 0 spiro atoms. The molecule has 108 valence electrons. The van der Waals surface area contributed by atoms with E-state index in [1.807, 2.05) is 0 Å². The Labute approximate surface area is 121 Å². The van der Waals surface area contributed by atoms with Crippen LogP contribution in [0.5, 0.6) is 0 Å². The maximum atomic E-state index is 6.06. The van der Waals surface area contributed by atoms with Gasteiger partial charge in [0.2, 0.25) is 0 Å². The molecule has 4 heteroatoms. The molecule has 3 rings (SSSR count). The van der Waals surface area contributed by atoms with Gasteiger partial charge in [-0.2, -0.15) is 0 Å². The van der Waals surface area contributed by atoms with Crippen LogP contribution in [0.3, 0.4) is 0 Å². The number of hydrogen-bond donors (Lipinski definition) is 0. The lowest BCUT2D eigenvalue weighted by Crippen LogP contribution is -2.41. The predicted octanol–water partition coefficient (Wildman–Crippen LogP) is 2.62. The largest absolute Gasteiger partial charge is 0.494 e. The molecule has 1 atom stereocenters. The molecule has 20 heavy (non-hydrogen) atoms. The minimum atomic E-state index is -0.292. The van der Waals surface area contributed by atoms with Crippen molar-refractivity contribution in [1.29, 1.82) is 0 Å². The molecule has 0 aliphatic carbocycles. The van der Waals surface area contributed by atoms with Gasteiger partial charge in [0.25, 0.3) is 0 Å². The van der Waals surface area contributed by atoms with Crippen LogP contribution in [0.25, 0.3) is 0 Å².